The van der Waals surface area contributed by atoms with Crippen LogP contribution in [0.25, 0.3) is 11.3 Å². The van der Waals surface area contributed by atoms with E-state index in [0.29, 0.717) is 19.4 Å². The molecule has 0 saturated carbocycles. The van der Waals surface area contributed by atoms with Gasteiger partial charge in [0.05, 0.1) is 32.2 Å². The molecule has 1 aliphatic rings. The highest BCUT2D eigenvalue weighted by molar-refractivity contribution is 7.09. The van der Waals surface area contributed by atoms with Gasteiger partial charge in [-0.1, -0.05) is 18.2 Å². The summed E-state index contributed by atoms with van der Waals surface area (Å²) in [6.07, 6.45) is 0.718. The predicted octanol–water partition coefficient (Wildman–Crippen LogP) is 3.17. The first kappa shape index (κ1) is 18.2. The second-order valence-corrected chi connectivity index (χ2v) is 7.47. The van der Waals surface area contributed by atoms with Gasteiger partial charge < -0.3 is 15.4 Å². The number of fused-ring (bicyclic) bond motifs is 1. The van der Waals surface area contributed by atoms with Crippen molar-refractivity contribution >= 4 is 28.8 Å². The van der Waals surface area contributed by atoms with Gasteiger partial charge in [0.1, 0.15) is 10.8 Å². The van der Waals surface area contributed by atoms with Crippen LogP contribution in [0.15, 0.2) is 47.8 Å². The molecule has 1 aliphatic heterocycles. The number of nitrogens with one attached hydrogen (secondary N) is 2. The summed E-state index contributed by atoms with van der Waals surface area (Å²) in [5.41, 5.74) is 4.62. The van der Waals surface area contributed by atoms with E-state index in [1.54, 1.807) is 7.11 Å². The van der Waals surface area contributed by atoms with Gasteiger partial charge in [-0.3, -0.25) is 9.59 Å². The Labute approximate surface area is 166 Å². The number of carbonyl (C=O) groups excluding carboxylic acids is 2. The lowest BCUT2D eigenvalue weighted by Crippen LogP contribution is -2.24. The van der Waals surface area contributed by atoms with E-state index >= 15 is 0 Å². The summed E-state index contributed by atoms with van der Waals surface area (Å²) in [6, 6.07) is 13.3. The van der Waals surface area contributed by atoms with Gasteiger partial charge in [0.15, 0.2) is 0 Å². The minimum absolute atomic E-state index is 0.0192. The van der Waals surface area contributed by atoms with E-state index in [0.717, 1.165) is 38.8 Å². The lowest BCUT2D eigenvalue weighted by atomic mass is 10.1. The highest BCUT2D eigenvalue weighted by Crippen LogP contribution is 2.29. The van der Waals surface area contributed by atoms with Crippen LogP contribution in [0.5, 0.6) is 5.75 Å². The van der Waals surface area contributed by atoms with Crippen LogP contribution in [0.4, 0.5) is 5.69 Å². The van der Waals surface area contributed by atoms with Crippen molar-refractivity contribution in [2.75, 3.05) is 12.4 Å². The number of rotatable bonds is 6. The molecule has 142 valence electrons. The van der Waals surface area contributed by atoms with E-state index < -0.39 is 0 Å². The van der Waals surface area contributed by atoms with Crippen LogP contribution in [-0.4, -0.2) is 23.9 Å². The molecule has 4 rings (SSSR count). The molecular formula is C21H19N3O3S. The van der Waals surface area contributed by atoms with Crippen molar-refractivity contribution in [3.05, 3.63) is 64.0 Å². The average Bonchev–Trinajstić information content (AvgIpc) is 3.32. The number of hydrogen-bond acceptors (Lipinski definition) is 5. The van der Waals surface area contributed by atoms with E-state index in [2.05, 4.69) is 15.6 Å². The average molecular weight is 393 g/mol. The standard InChI is InChI=1S/C21H19N3O3S/c1-27-16-5-2-13(3-6-16)8-19(25)22-11-21-24-18(12-28-21)14-4-7-17-15(9-14)10-20(26)23-17/h2-7,9,12H,8,10-11H2,1H3,(H,22,25)(H,23,26). The van der Waals surface area contributed by atoms with Crippen molar-refractivity contribution in [2.45, 2.75) is 19.4 Å². The first-order valence-electron chi connectivity index (χ1n) is 8.88. The molecule has 2 amide bonds. The van der Waals surface area contributed by atoms with E-state index in [4.69, 9.17) is 4.74 Å². The second kappa shape index (κ2) is 7.82. The van der Waals surface area contributed by atoms with Crippen molar-refractivity contribution in [3.8, 4) is 17.0 Å². The van der Waals surface area contributed by atoms with Crippen molar-refractivity contribution in [2.24, 2.45) is 0 Å². The number of methoxy groups -OCH3 is 1. The number of anilines is 1. The predicted molar refractivity (Wildman–Crippen MR) is 108 cm³/mol. The van der Waals surface area contributed by atoms with Gasteiger partial charge >= 0.3 is 0 Å². The van der Waals surface area contributed by atoms with Gasteiger partial charge in [0, 0.05) is 16.6 Å². The van der Waals surface area contributed by atoms with Crippen LogP contribution < -0.4 is 15.4 Å². The third-order valence-corrected chi connectivity index (χ3v) is 5.39. The zero-order valence-electron chi connectivity index (χ0n) is 15.3. The Bertz CT molecular complexity index is 1030. The smallest absolute Gasteiger partial charge is 0.228 e. The molecule has 0 aliphatic carbocycles. The Morgan fingerprint density at radius 3 is 2.86 bits per heavy atom. The second-order valence-electron chi connectivity index (χ2n) is 6.52. The van der Waals surface area contributed by atoms with Crippen LogP contribution in [0.3, 0.4) is 0 Å². The van der Waals surface area contributed by atoms with E-state index in [9.17, 15) is 9.59 Å². The summed E-state index contributed by atoms with van der Waals surface area (Å²) < 4.78 is 5.12. The zero-order valence-corrected chi connectivity index (χ0v) is 16.1. The minimum Gasteiger partial charge on any atom is -0.497 e. The summed E-state index contributed by atoms with van der Waals surface area (Å²) in [4.78, 5) is 28.3. The highest BCUT2D eigenvalue weighted by Gasteiger charge is 2.18. The van der Waals surface area contributed by atoms with Crippen molar-refractivity contribution < 1.29 is 14.3 Å². The number of aromatic nitrogens is 1. The summed E-state index contributed by atoms with van der Waals surface area (Å²) in [7, 11) is 1.61. The Kier molecular flexibility index (Phi) is 5.08. The van der Waals surface area contributed by atoms with Gasteiger partial charge in [-0.05, 0) is 35.4 Å². The van der Waals surface area contributed by atoms with Crippen molar-refractivity contribution in [3.63, 3.8) is 0 Å². The van der Waals surface area contributed by atoms with Crippen molar-refractivity contribution in [1.29, 1.82) is 0 Å². The monoisotopic (exact) mass is 393 g/mol. The third kappa shape index (κ3) is 4.04. The number of ether oxygens (including phenoxy) is 1. The number of amides is 2. The molecule has 0 unspecified atom stereocenters. The van der Waals surface area contributed by atoms with Gasteiger partial charge in [-0.15, -0.1) is 11.3 Å². The molecule has 2 heterocycles. The van der Waals surface area contributed by atoms with Gasteiger partial charge in [0.25, 0.3) is 0 Å². The first-order valence-corrected chi connectivity index (χ1v) is 9.76. The molecule has 7 heteroatoms. The molecule has 1 aromatic heterocycles. The van der Waals surface area contributed by atoms with E-state index in [-0.39, 0.29) is 11.8 Å². The lowest BCUT2D eigenvalue weighted by Gasteiger charge is -2.05. The number of nitrogens with zero attached hydrogens (tertiary/aromatic N) is 1. The first-order chi connectivity index (χ1) is 13.6. The molecule has 2 aromatic carbocycles. The molecule has 0 saturated heterocycles. The van der Waals surface area contributed by atoms with Gasteiger partial charge in [-0.25, -0.2) is 4.98 Å². The zero-order chi connectivity index (χ0) is 19.5. The summed E-state index contributed by atoms with van der Waals surface area (Å²) >= 11 is 1.51. The summed E-state index contributed by atoms with van der Waals surface area (Å²) in [6.45, 7) is 0.393. The van der Waals surface area contributed by atoms with Gasteiger partial charge in [0.2, 0.25) is 11.8 Å². The number of benzene rings is 2. The number of thiazole rings is 1. The van der Waals surface area contributed by atoms with E-state index in [1.165, 1.54) is 11.3 Å². The highest BCUT2D eigenvalue weighted by atomic mass is 32.1. The Hall–Kier alpha value is -3.19. The van der Waals surface area contributed by atoms with Gasteiger partial charge in [-0.2, -0.15) is 0 Å². The Morgan fingerprint density at radius 1 is 1.25 bits per heavy atom. The van der Waals surface area contributed by atoms with Crippen molar-refractivity contribution in [1.82, 2.24) is 10.3 Å². The van der Waals surface area contributed by atoms with Crippen LogP contribution in [-0.2, 0) is 29.0 Å². The van der Waals surface area contributed by atoms with Crippen LogP contribution in [0, 0.1) is 0 Å². The lowest BCUT2D eigenvalue weighted by molar-refractivity contribution is -0.120. The fraction of sp³-hybridized carbons (Fsp3) is 0.190. The van der Waals surface area contributed by atoms with Crippen LogP contribution >= 0.6 is 11.3 Å². The molecule has 28 heavy (non-hydrogen) atoms. The molecular weight excluding hydrogens is 374 g/mol. The molecule has 0 fully saturated rings. The maximum absolute atomic E-state index is 12.2. The molecule has 0 atom stereocenters. The van der Waals surface area contributed by atoms with E-state index in [1.807, 2.05) is 47.8 Å². The molecule has 6 nitrogen and oxygen atoms in total. The topological polar surface area (TPSA) is 80.3 Å². The number of carbonyl (C=O) groups is 2. The largest absolute Gasteiger partial charge is 0.497 e. The maximum atomic E-state index is 12.2. The quantitative estimate of drug-likeness (QED) is 0.674. The summed E-state index contributed by atoms with van der Waals surface area (Å²) in [5, 5.41) is 8.55. The molecule has 0 radical (unpaired) electrons. The minimum atomic E-state index is -0.0518. The summed E-state index contributed by atoms with van der Waals surface area (Å²) in [5.74, 6) is 0.737. The van der Waals surface area contributed by atoms with Crippen LogP contribution in [0.1, 0.15) is 16.1 Å². The molecule has 0 spiro atoms. The Balaban J connectivity index is 1.35. The molecule has 3 aromatic rings. The molecule has 2 N–H and O–H groups in total. The SMILES string of the molecule is COc1ccc(CC(=O)NCc2nc(-c3ccc4c(c3)CC(=O)N4)cs2)cc1. The molecule has 0 bridgehead atoms. The Morgan fingerprint density at radius 2 is 2.07 bits per heavy atom. The van der Waals surface area contributed by atoms with Crippen LogP contribution in [0.2, 0.25) is 0 Å². The third-order valence-electron chi connectivity index (χ3n) is 4.54. The maximum Gasteiger partial charge on any atom is 0.228 e. The normalized spacial score (nSPS) is 12.4. The fourth-order valence-corrected chi connectivity index (χ4v) is 3.82. The fourth-order valence-electron chi connectivity index (χ4n) is 3.08. The number of hydrogen-bond donors (Lipinski definition) is 2.